The van der Waals surface area contributed by atoms with Crippen LogP contribution in [0.15, 0.2) is 78.6 Å². The molecule has 0 aliphatic carbocycles. The van der Waals surface area contributed by atoms with Crippen molar-refractivity contribution in [3.05, 3.63) is 100 Å². The Kier molecular flexibility index (Phi) is 8.28. The van der Waals surface area contributed by atoms with E-state index in [1.54, 1.807) is 21.3 Å². The molecular weight excluding hydrogens is 524 g/mol. The summed E-state index contributed by atoms with van der Waals surface area (Å²) in [6, 6.07) is 22.5. The number of thioether (sulfide) groups is 2. The number of halogens is 1. The molecule has 7 heteroatoms. The quantitative estimate of drug-likeness (QED) is 0.294. The van der Waals surface area contributed by atoms with Gasteiger partial charge in [0.05, 0.1) is 21.3 Å². The summed E-state index contributed by atoms with van der Waals surface area (Å²) in [5, 5.41) is 0.716. The highest BCUT2D eigenvalue weighted by atomic mass is 35.5. The summed E-state index contributed by atoms with van der Waals surface area (Å²) in [5.41, 5.74) is 4.36. The van der Waals surface area contributed by atoms with Crippen LogP contribution in [-0.4, -0.2) is 37.4 Å². The SMILES string of the molecule is COc1cc(C2=CC(c3ccc(Cl)cc3)C(c3ccccc3)=C(C3SCCCS3)O2)cc(OC)c1OC. The van der Waals surface area contributed by atoms with Crippen LogP contribution in [0.2, 0.25) is 5.02 Å². The zero-order valence-corrected chi connectivity index (χ0v) is 23.4. The van der Waals surface area contributed by atoms with Gasteiger partial charge in [-0.25, -0.2) is 0 Å². The van der Waals surface area contributed by atoms with E-state index >= 15 is 0 Å². The average Bonchev–Trinajstić information content (AvgIpc) is 2.97. The maximum absolute atomic E-state index is 6.85. The zero-order valence-electron chi connectivity index (χ0n) is 21.0. The molecule has 1 atom stereocenters. The zero-order chi connectivity index (χ0) is 25.8. The van der Waals surface area contributed by atoms with E-state index in [1.165, 1.54) is 12.0 Å². The minimum Gasteiger partial charge on any atom is -0.493 e. The molecule has 192 valence electrons. The Hall–Kier alpha value is -2.67. The van der Waals surface area contributed by atoms with E-state index < -0.39 is 0 Å². The van der Waals surface area contributed by atoms with Crippen molar-refractivity contribution in [2.24, 2.45) is 0 Å². The van der Waals surface area contributed by atoms with Crippen molar-refractivity contribution >= 4 is 46.5 Å². The Labute approximate surface area is 232 Å². The predicted octanol–water partition coefficient (Wildman–Crippen LogP) is 8.13. The lowest BCUT2D eigenvalue weighted by Gasteiger charge is -2.33. The molecule has 0 amide bonds. The third-order valence-corrected chi connectivity index (χ3v) is 9.57. The van der Waals surface area contributed by atoms with Gasteiger partial charge in [0, 0.05) is 22.1 Å². The van der Waals surface area contributed by atoms with Crippen molar-refractivity contribution in [3.8, 4) is 17.2 Å². The first-order chi connectivity index (χ1) is 18.1. The van der Waals surface area contributed by atoms with Gasteiger partial charge in [-0.2, -0.15) is 0 Å². The molecule has 1 saturated heterocycles. The Morgan fingerprint density at radius 2 is 1.46 bits per heavy atom. The summed E-state index contributed by atoms with van der Waals surface area (Å²) in [6.45, 7) is 0. The number of allylic oxidation sites excluding steroid dienone is 2. The van der Waals surface area contributed by atoms with E-state index in [4.69, 9.17) is 30.5 Å². The molecule has 37 heavy (non-hydrogen) atoms. The third kappa shape index (κ3) is 5.47. The van der Waals surface area contributed by atoms with Gasteiger partial charge >= 0.3 is 0 Å². The monoisotopic (exact) mass is 552 g/mol. The molecule has 3 aromatic rings. The van der Waals surface area contributed by atoms with Crippen LogP contribution in [-0.2, 0) is 4.74 Å². The molecule has 0 bridgehead atoms. The van der Waals surface area contributed by atoms with Crippen LogP contribution < -0.4 is 14.2 Å². The lowest BCUT2D eigenvalue weighted by atomic mass is 9.83. The van der Waals surface area contributed by atoms with E-state index in [9.17, 15) is 0 Å². The van der Waals surface area contributed by atoms with Crippen molar-refractivity contribution in [2.75, 3.05) is 32.8 Å². The summed E-state index contributed by atoms with van der Waals surface area (Å²) in [5.74, 6) is 5.69. The van der Waals surface area contributed by atoms with E-state index in [1.807, 2.05) is 53.9 Å². The molecule has 0 radical (unpaired) electrons. The topological polar surface area (TPSA) is 36.9 Å². The normalized spacial score (nSPS) is 18.2. The average molecular weight is 553 g/mol. The molecule has 2 aliphatic heterocycles. The molecule has 1 fully saturated rings. The molecule has 0 N–H and O–H groups in total. The molecule has 3 aromatic carbocycles. The molecule has 5 rings (SSSR count). The van der Waals surface area contributed by atoms with E-state index in [0.29, 0.717) is 22.3 Å². The fraction of sp³-hybridized carbons (Fsp3) is 0.267. The van der Waals surface area contributed by atoms with Crippen molar-refractivity contribution in [1.29, 1.82) is 0 Å². The van der Waals surface area contributed by atoms with Gasteiger partial charge in [-0.1, -0.05) is 54.1 Å². The second kappa shape index (κ2) is 11.8. The highest BCUT2D eigenvalue weighted by Crippen LogP contribution is 2.50. The van der Waals surface area contributed by atoms with Gasteiger partial charge in [0.1, 0.15) is 16.1 Å². The van der Waals surface area contributed by atoms with Crippen LogP contribution in [0, 0.1) is 0 Å². The number of benzene rings is 3. The van der Waals surface area contributed by atoms with Crippen molar-refractivity contribution in [1.82, 2.24) is 0 Å². The Bertz CT molecular complexity index is 1270. The van der Waals surface area contributed by atoms with Gasteiger partial charge in [-0.3, -0.25) is 0 Å². The maximum Gasteiger partial charge on any atom is 0.203 e. The summed E-state index contributed by atoms with van der Waals surface area (Å²) in [6.07, 6.45) is 3.39. The minimum atomic E-state index is -0.0272. The highest BCUT2D eigenvalue weighted by molar-refractivity contribution is 8.17. The van der Waals surface area contributed by atoms with E-state index in [0.717, 1.165) is 39.7 Å². The first-order valence-corrected chi connectivity index (χ1v) is 14.6. The molecule has 4 nitrogen and oxygen atoms in total. The second-order valence-electron chi connectivity index (χ2n) is 8.65. The van der Waals surface area contributed by atoms with Gasteiger partial charge < -0.3 is 18.9 Å². The largest absolute Gasteiger partial charge is 0.493 e. The van der Waals surface area contributed by atoms with Crippen molar-refractivity contribution < 1.29 is 18.9 Å². The van der Waals surface area contributed by atoms with Crippen LogP contribution >= 0.6 is 35.1 Å². The van der Waals surface area contributed by atoms with Gasteiger partial charge in [0.2, 0.25) is 5.75 Å². The van der Waals surface area contributed by atoms with Crippen molar-refractivity contribution in [3.63, 3.8) is 0 Å². The van der Waals surface area contributed by atoms with Crippen LogP contribution in [0.25, 0.3) is 11.3 Å². The van der Waals surface area contributed by atoms with Crippen molar-refractivity contribution in [2.45, 2.75) is 16.9 Å². The summed E-state index contributed by atoms with van der Waals surface area (Å²) in [7, 11) is 4.86. The maximum atomic E-state index is 6.85. The lowest BCUT2D eigenvalue weighted by Crippen LogP contribution is -2.19. The fourth-order valence-electron chi connectivity index (χ4n) is 4.66. The third-order valence-electron chi connectivity index (χ3n) is 6.42. The standard InChI is InChI=1S/C30H29ClO4S2/c1-32-25-16-21(17-26(33-2)28(25)34-3)24-18-23(19-10-12-22(31)13-11-19)27(20-8-5-4-6-9-20)29(35-24)30-36-14-7-15-37-30/h4-6,8-13,16-18,23,30H,7,14-15H2,1-3H3. The number of hydrogen-bond acceptors (Lipinski definition) is 6. The minimum absolute atomic E-state index is 0.0272. The molecule has 1 unspecified atom stereocenters. The smallest absolute Gasteiger partial charge is 0.203 e. The van der Waals surface area contributed by atoms with Gasteiger partial charge in [-0.15, -0.1) is 23.5 Å². The van der Waals surface area contributed by atoms with E-state index in [-0.39, 0.29) is 10.5 Å². The van der Waals surface area contributed by atoms with Gasteiger partial charge in [0.15, 0.2) is 11.5 Å². The van der Waals surface area contributed by atoms with Crippen LogP contribution in [0.1, 0.15) is 29.0 Å². The molecule has 0 spiro atoms. The predicted molar refractivity (Wildman–Crippen MR) is 156 cm³/mol. The first-order valence-electron chi connectivity index (χ1n) is 12.1. The Morgan fingerprint density at radius 3 is 2.05 bits per heavy atom. The van der Waals surface area contributed by atoms with Crippen LogP contribution in [0.4, 0.5) is 0 Å². The summed E-state index contributed by atoms with van der Waals surface area (Å²) < 4.78 is 23.9. The molecular formula is C30H29ClO4S2. The number of methoxy groups -OCH3 is 3. The molecule has 0 aromatic heterocycles. The van der Waals surface area contributed by atoms with Gasteiger partial charge in [0.25, 0.3) is 0 Å². The van der Waals surface area contributed by atoms with Crippen LogP contribution in [0.5, 0.6) is 17.2 Å². The molecule has 0 saturated carbocycles. The Balaban J connectivity index is 1.71. The number of rotatable bonds is 7. The fourth-order valence-corrected chi connectivity index (χ4v) is 7.63. The van der Waals surface area contributed by atoms with E-state index in [2.05, 4.69) is 42.5 Å². The van der Waals surface area contributed by atoms with Crippen LogP contribution in [0.3, 0.4) is 0 Å². The molecule has 2 heterocycles. The second-order valence-corrected chi connectivity index (χ2v) is 11.8. The number of hydrogen-bond donors (Lipinski definition) is 0. The molecule has 2 aliphatic rings. The highest BCUT2D eigenvalue weighted by Gasteiger charge is 2.34. The first kappa shape index (κ1) is 26.0. The summed E-state index contributed by atoms with van der Waals surface area (Å²) in [4.78, 5) is 0. The lowest BCUT2D eigenvalue weighted by molar-refractivity contribution is 0.323. The number of ether oxygens (including phenoxy) is 4. The summed E-state index contributed by atoms with van der Waals surface area (Å²) >= 11 is 10.2. The Morgan fingerprint density at radius 1 is 0.811 bits per heavy atom. The van der Waals surface area contributed by atoms with Gasteiger partial charge in [-0.05, 0) is 59.4 Å².